The average molecular weight is 284 g/mol. The summed E-state index contributed by atoms with van der Waals surface area (Å²) in [5, 5.41) is 5.22. The minimum atomic E-state index is 0.669. The zero-order valence-electron chi connectivity index (χ0n) is 13.5. The Bertz CT molecular complexity index is 584. The van der Waals surface area contributed by atoms with Crippen LogP contribution in [0.2, 0.25) is 0 Å². The summed E-state index contributed by atoms with van der Waals surface area (Å²) in [6.07, 6.45) is 6.14. The molecule has 2 nitrogen and oxygen atoms in total. The Morgan fingerprint density at radius 1 is 1.24 bits per heavy atom. The van der Waals surface area contributed by atoms with Crippen LogP contribution in [-0.4, -0.2) is 11.0 Å². The van der Waals surface area contributed by atoms with Crippen LogP contribution in [0.25, 0.3) is 10.9 Å². The molecule has 1 fully saturated rings. The predicted molar refractivity (Wildman–Crippen MR) is 90.3 cm³/mol. The highest BCUT2D eigenvalue weighted by Gasteiger charge is 2.30. The molecule has 2 N–H and O–H groups in total. The van der Waals surface area contributed by atoms with Gasteiger partial charge in [-0.3, -0.25) is 0 Å². The van der Waals surface area contributed by atoms with Crippen molar-refractivity contribution in [3.63, 3.8) is 0 Å². The molecule has 0 saturated heterocycles. The third kappa shape index (κ3) is 3.16. The molecule has 1 aliphatic rings. The number of aromatic nitrogens is 1. The maximum Gasteiger partial charge on any atom is 0.0457 e. The first-order chi connectivity index (χ1) is 10.1. The highest BCUT2D eigenvalue weighted by Crippen LogP contribution is 2.33. The Morgan fingerprint density at radius 3 is 2.90 bits per heavy atom. The summed E-state index contributed by atoms with van der Waals surface area (Å²) in [6.45, 7) is 8.14. The van der Waals surface area contributed by atoms with E-state index in [0.29, 0.717) is 6.04 Å². The molecule has 0 radical (unpaired) electrons. The smallest absolute Gasteiger partial charge is 0.0457 e. The van der Waals surface area contributed by atoms with Crippen molar-refractivity contribution in [1.29, 1.82) is 0 Å². The van der Waals surface area contributed by atoms with E-state index >= 15 is 0 Å². The van der Waals surface area contributed by atoms with E-state index in [0.717, 1.165) is 24.3 Å². The molecule has 1 aromatic carbocycles. The van der Waals surface area contributed by atoms with Crippen LogP contribution in [0.1, 0.15) is 45.6 Å². The molecule has 0 aliphatic heterocycles. The Balaban J connectivity index is 1.71. The van der Waals surface area contributed by atoms with Crippen LogP contribution in [0, 0.1) is 17.8 Å². The van der Waals surface area contributed by atoms with E-state index < -0.39 is 0 Å². The molecular weight excluding hydrogens is 256 g/mol. The molecule has 2 aromatic rings. The standard InChI is InChI=1S/C19H28N2/c1-13(2)16-8-7-14(3)11-19(16)21-12-15-5-4-6-18-17(15)9-10-20-18/h4-6,9-10,13-14,16,19-21H,7-8,11-12H2,1-3H3. The number of rotatable bonds is 4. The van der Waals surface area contributed by atoms with Gasteiger partial charge in [-0.1, -0.05) is 39.3 Å². The highest BCUT2D eigenvalue weighted by molar-refractivity contribution is 5.82. The second kappa shape index (κ2) is 6.23. The Labute approximate surface area is 128 Å². The number of fused-ring (bicyclic) bond motifs is 1. The van der Waals surface area contributed by atoms with Crippen molar-refractivity contribution < 1.29 is 0 Å². The lowest BCUT2D eigenvalue weighted by Crippen LogP contribution is -2.42. The van der Waals surface area contributed by atoms with E-state index in [4.69, 9.17) is 0 Å². The van der Waals surface area contributed by atoms with E-state index in [9.17, 15) is 0 Å². The molecule has 1 saturated carbocycles. The van der Waals surface area contributed by atoms with E-state index in [-0.39, 0.29) is 0 Å². The van der Waals surface area contributed by atoms with Gasteiger partial charge < -0.3 is 10.3 Å². The summed E-state index contributed by atoms with van der Waals surface area (Å²) < 4.78 is 0. The summed E-state index contributed by atoms with van der Waals surface area (Å²) in [5.41, 5.74) is 2.65. The summed E-state index contributed by atoms with van der Waals surface area (Å²) in [5.74, 6) is 2.46. The third-order valence-electron chi connectivity index (χ3n) is 5.26. The van der Waals surface area contributed by atoms with Gasteiger partial charge in [0.2, 0.25) is 0 Å². The minimum absolute atomic E-state index is 0.669. The van der Waals surface area contributed by atoms with Gasteiger partial charge in [0.15, 0.2) is 0 Å². The van der Waals surface area contributed by atoms with Crippen molar-refractivity contribution in [2.45, 2.75) is 52.6 Å². The fourth-order valence-corrected chi connectivity index (χ4v) is 3.98. The summed E-state index contributed by atoms with van der Waals surface area (Å²) >= 11 is 0. The van der Waals surface area contributed by atoms with Gasteiger partial charge in [-0.2, -0.15) is 0 Å². The zero-order chi connectivity index (χ0) is 14.8. The summed E-state index contributed by atoms with van der Waals surface area (Å²) in [7, 11) is 0. The van der Waals surface area contributed by atoms with Crippen LogP contribution in [0.5, 0.6) is 0 Å². The van der Waals surface area contributed by atoms with Crippen molar-refractivity contribution in [2.24, 2.45) is 17.8 Å². The van der Waals surface area contributed by atoms with Crippen LogP contribution in [0.15, 0.2) is 30.5 Å². The third-order valence-corrected chi connectivity index (χ3v) is 5.26. The number of H-pyrrole nitrogens is 1. The molecule has 1 aromatic heterocycles. The quantitative estimate of drug-likeness (QED) is 0.835. The Hall–Kier alpha value is -1.28. The number of aromatic amines is 1. The Morgan fingerprint density at radius 2 is 2.10 bits per heavy atom. The lowest BCUT2D eigenvalue weighted by atomic mass is 9.74. The first-order valence-corrected chi connectivity index (χ1v) is 8.43. The fraction of sp³-hybridized carbons (Fsp3) is 0.579. The number of hydrogen-bond donors (Lipinski definition) is 2. The first-order valence-electron chi connectivity index (χ1n) is 8.43. The van der Waals surface area contributed by atoms with Gasteiger partial charge in [-0.15, -0.1) is 0 Å². The predicted octanol–water partition coefficient (Wildman–Crippen LogP) is 4.72. The van der Waals surface area contributed by atoms with Crippen molar-refractivity contribution in [3.8, 4) is 0 Å². The molecule has 0 spiro atoms. The topological polar surface area (TPSA) is 27.8 Å². The van der Waals surface area contributed by atoms with E-state index in [2.05, 4.69) is 55.3 Å². The normalized spacial score (nSPS) is 26.6. The maximum atomic E-state index is 3.87. The van der Waals surface area contributed by atoms with Gasteiger partial charge in [0.1, 0.15) is 0 Å². The van der Waals surface area contributed by atoms with E-state index in [1.807, 2.05) is 6.20 Å². The van der Waals surface area contributed by atoms with Crippen molar-refractivity contribution in [3.05, 3.63) is 36.0 Å². The van der Waals surface area contributed by atoms with Gasteiger partial charge in [0.25, 0.3) is 0 Å². The molecule has 3 unspecified atom stereocenters. The highest BCUT2D eigenvalue weighted by atomic mass is 14.9. The van der Waals surface area contributed by atoms with Gasteiger partial charge in [0, 0.05) is 29.7 Å². The molecule has 114 valence electrons. The largest absolute Gasteiger partial charge is 0.361 e. The minimum Gasteiger partial charge on any atom is -0.361 e. The molecule has 0 bridgehead atoms. The molecule has 1 aliphatic carbocycles. The molecule has 0 amide bonds. The summed E-state index contributed by atoms with van der Waals surface area (Å²) in [6, 6.07) is 9.41. The van der Waals surface area contributed by atoms with Crippen LogP contribution in [0.3, 0.4) is 0 Å². The fourth-order valence-electron chi connectivity index (χ4n) is 3.98. The van der Waals surface area contributed by atoms with Crippen molar-refractivity contribution in [2.75, 3.05) is 0 Å². The first kappa shape index (κ1) is 14.6. The van der Waals surface area contributed by atoms with Crippen LogP contribution in [0.4, 0.5) is 0 Å². The number of benzene rings is 1. The molecule has 3 rings (SSSR count). The lowest BCUT2D eigenvalue weighted by molar-refractivity contribution is 0.169. The van der Waals surface area contributed by atoms with Crippen LogP contribution in [-0.2, 0) is 6.54 Å². The van der Waals surface area contributed by atoms with E-state index in [1.165, 1.54) is 35.7 Å². The monoisotopic (exact) mass is 284 g/mol. The number of nitrogens with one attached hydrogen (secondary N) is 2. The SMILES string of the molecule is CC1CCC(C(C)C)C(NCc2cccc3[nH]ccc23)C1. The second-order valence-corrected chi connectivity index (χ2v) is 7.17. The molecule has 1 heterocycles. The number of hydrogen-bond acceptors (Lipinski definition) is 1. The van der Waals surface area contributed by atoms with Crippen molar-refractivity contribution >= 4 is 10.9 Å². The van der Waals surface area contributed by atoms with Crippen LogP contribution >= 0.6 is 0 Å². The molecular formula is C19H28N2. The van der Waals surface area contributed by atoms with E-state index in [1.54, 1.807) is 0 Å². The lowest BCUT2D eigenvalue weighted by Gasteiger charge is -2.38. The maximum absolute atomic E-state index is 3.87. The van der Waals surface area contributed by atoms with Crippen LogP contribution < -0.4 is 5.32 Å². The summed E-state index contributed by atoms with van der Waals surface area (Å²) in [4.78, 5) is 3.30. The van der Waals surface area contributed by atoms with Gasteiger partial charge in [-0.25, -0.2) is 0 Å². The van der Waals surface area contributed by atoms with Crippen molar-refractivity contribution in [1.82, 2.24) is 10.3 Å². The second-order valence-electron chi connectivity index (χ2n) is 7.17. The average Bonchev–Trinajstić information content (AvgIpc) is 2.93. The zero-order valence-corrected chi connectivity index (χ0v) is 13.5. The molecule has 3 atom stereocenters. The van der Waals surface area contributed by atoms with Gasteiger partial charge in [-0.05, 0) is 48.3 Å². The Kier molecular flexibility index (Phi) is 4.34. The van der Waals surface area contributed by atoms with Gasteiger partial charge in [0.05, 0.1) is 0 Å². The molecule has 2 heteroatoms. The van der Waals surface area contributed by atoms with Gasteiger partial charge >= 0.3 is 0 Å². The molecule has 21 heavy (non-hydrogen) atoms.